The Bertz CT molecular complexity index is 1100. The van der Waals surface area contributed by atoms with Gasteiger partial charge in [-0.05, 0) is 35.7 Å². The highest BCUT2D eigenvalue weighted by Gasteiger charge is 2.39. The summed E-state index contributed by atoms with van der Waals surface area (Å²) in [6.07, 6.45) is 0.479. The molecule has 0 aliphatic carbocycles. The number of imide groups is 1. The molecule has 31 heavy (non-hydrogen) atoms. The van der Waals surface area contributed by atoms with Gasteiger partial charge in [0.05, 0.1) is 6.61 Å². The second-order valence-electron chi connectivity index (χ2n) is 7.54. The van der Waals surface area contributed by atoms with E-state index in [1.807, 2.05) is 0 Å². The average Bonchev–Trinajstić information content (AvgIpc) is 3.07. The molecule has 2 aromatic carbocycles. The summed E-state index contributed by atoms with van der Waals surface area (Å²) in [5.41, 5.74) is 2.13. The molecule has 160 valence electrons. The predicted octanol–water partition coefficient (Wildman–Crippen LogP) is 1.01. The molecule has 1 saturated heterocycles. The number of hydrogen-bond donors (Lipinski definition) is 3. The molecular formula is C22H20FN3O5. The van der Waals surface area contributed by atoms with E-state index in [0.717, 1.165) is 11.6 Å². The molecule has 0 spiro atoms. The van der Waals surface area contributed by atoms with Gasteiger partial charge < -0.3 is 15.3 Å². The Morgan fingerprint density at radius 2 is 2.00 bits per heavy atom. The molecular weight excluding hydrogens is 405 g/mol. The van der Waals surface area contributed by atoms with Gasteiger partial charge in [0, 0.05) is 36.2 Å². The van der Waals surface area contributed by atoms with Crippen molar-refractivity contribution < 1.29 is 28.7 Å². The second-order valence-corrected chi connectivity index (χ2v) is 7.54. The number of hydrogen-bond acceptors (Lipinski definition) is 5. The van der Waals surface area contributed by atoms with Crippen LogP contribution >= 0.6 is 0 Å². The highest BCUT2D eigenvalue weighted by Crippen LogP contribution is 2.28. The summed E-state index contributed by atoms with van der Waals surface area (Å²) in [4.78, 5) is 50.1. The number of aliphatic hydroxyl groups excluding tert-OH is 1. The second kappa shape index (κ2) is 8.27. The van der Waals surface area contributed by atoms with Crippen LogP contribution in [-0.2, 0) is 29.3 Å². The van der Waals surface area contributed by atoms with E-state index in [4.69, 9.17) is 5.11 Å². The van der Waals surface area contributed by atoms with Gasteiger partial charge in [-0.25, -0.2) is 4.39 Å². The van der Waals surface area contributed by atoms with Gasteiger partial charge in [-0.3, -0.25) is 24.5 Å². The zero-order valence-electron chi connectivity index (χ0n) is 16.5. The highest BCUT2D eigenvalue weighted by atomic mass is 19.1. The first-order valence-electron chi connectivity index (χ1n) is 9.81. The fourth-order valence-electron chi connectivity index (χ4n) is 3.81. The van der Waals surface area contributed by atoms with Crippen molar-refractivity contribution in [3.8, 4) is 0 Å². The monoisotopic (exact) mass is 425 g/mol. The molecule has 1 fully saturated rings. The number of rotatable bonds is 5. The summed E-state index contributed by atoms with van der Waals surface area (Å²) in [6.45, 7) is -0.0442. The van der Waals surface area contributed by atoms with Crippen molar-refractivity contribution in [3.05, 3.63) is 70.0 Å². The average molecular weight is 425 g/mol. The zero-order valence-corrected chi connectivity index (χ0v) is 16.5. The Hall–Kier alpha value is -3.59. The summed E-state index contributed by atoms with van der Waals surface area (Å²) < 4.78 is 13.8. The molecule has 2 aliphatic heterocycles. The Balaban J connectivity index is 1.43. The lowest BCUT2D eigenvalue weighted by molar-refractivity contribution is -0.136. The van der Waals surface area contributed by atoms with Crippen LogP contribution in [0.25, 0.3) is 0 Å². The van der Waals surface area contributed by atoms with E-state index in [1.165, 1.54) is 17.0 Å². The van der Waals surface area contributed by atoms with E-state index < -0.39 is 30.3 Å². The van der Waals surface area contributed by atoms with Crippen LogP contribution in [0.2, 0.25) is 0 Å². The van der Waals surface area contributed by atoms with Gasteiger partial charge in [0.25, 0.3) is 11.8 Å². The minimum Gasteiger partial charge on any atom is -0.392 e. The smallest absolute Gasteiger partial charge is 0.255 e. The largest absolute Gasteiger partial charge is 0.392 e. The van der Waals surface area contributed by atoms with Crippen molar-refractivity contribution in [2.75, 3.05) is 0 Å². The van der Waals surface area contributed by atoms with E-state index in [0.29, 0.717) is 17.5 Å². The fraction of sp³-hybridized carbons (Fsp3) is 0.273. The lowest BCUT2D eigenvalue weighted by Crippen LogP contribution is -2.52. The molecule has 2 aromatic rings. The van der Waals surface area contributed by atoms with Crippen LogP contribution in [0, 0.1) is 5.82 Å². The van der Waals surface area contributed by atoms with Gasteiger partial charge in [-0.2, -0.15) is 0 Å². The van der Waals surface area contributed by atoms with Crippen LogP contribution in [0.3, 0.4) is 0 Å². The first-order chi connectivity index (χ1) is 14.9. The van der Waals surface area contributed by atoms with Crippen molar-refractivity contribution in [3.63, 3.8) is 0 Å². The van der Waals surface area contributed by atoms with Gasteiger partial charge in [-0.15, -0.1) is 0 Å². The Morgan fingerprint density at radius 3 is 2.71 bits per heavy atom. The third-order valence-electron chi connectivity index (χ3n) is 5.53. The van der Waals surface area contributed by atoms with Gasteiger partial charge in [-0.1, -0.05) is 18.2 Å². The number of amides is 4. The summed E-state index contributed by atoms with van der Waals surface area (Å²) >= 11 is 0. The minimum absolute atomic E-state index is 0.106. The number of piperidine rings is 1. The van der Waals surface area contributed by atoms with Crippen LogP contribution in [0.15, 0.2) is 36.4 Å². The fourth-order valence-corrected chi connectivity index (χ4v) is 3.81. The molecule has 8 nitrogen and oxygen atoms in total. The van der Waals surface area contributed by atoms with E-state index in [-0.39, 0.29) is 42.5 Å². The molecule has 0 radical (unpaired) electrons. The molecule has 9 heteroatoms. The third kappa shape index (κ3) is 4.04. The quantitative estimate of drug-likeness (QED) is 0.619. The zero-order chi connectivity index (χ0) is 22.1. The first-order valence-corrected chi connectivity index (χ1v) is 9.81. The van der Waals surface area contributed by atoms with Gasteiger partial charge >= 0.3 is 0 Å². The Morgan fingerprint density at radius 1 is 1.19 bits per heavy atom. The number of carbonyl (C=O) groups excluding carboxylic acids is 4. The van der Waals surface area contributed by atoms with Crippen molar-refractivity contribution >= 4 is 23.6 Å². The van der Waals surface area contributed by atoms with Crippen molar-refractivity contribution in [2.45, 2.75) is 38.6 Å². The van der Waals surface area contributed by atoms with Crippen LogP contribution < -0.4 is 10.6 Å². The number of nitrogens with zero attached hydrogens (tertiary/aromatic N) is 1. The molecule has 1 atom stereocenters. The normalized spacial score (nSPS) is 18.1. The van der Waals surface area contributed by atoms with Crippen molar-refractivity contribution in [2.24, 2.45) is 0 Å². The number of nitrogens with one attached hydrogen (secondary N) is 2. The number of aliphatic hydroxyl groups is 1. The number of fused-ring (bicyclic) bond motifs is 1. The molecule has 0 bridgehead atoms. The topological polar surface area (TPSA) is 116 Å². The first kappa shape index (κ1) is 20.7. The van der Waals surface area contributed by atoms with Crippen LogP contribution in [-0.4, -0.2) is 39.7 Å². The molecule has 4 rings (SSSR count). The van der Waals surface area contributed by atoms with E-state index in [2.05, 4.69) is 10.6 Å². The lowest BCUT2D eigenvalue weighted by Gasteiger charge is -2.29. The molecule has 4 amide bonds. The number of halogens is 1. The molecule has 3 N–H and O–H groups in total. The minimum atomic E-state index is -0.683. The highest BCUT2D eigenvalue weighted by molar-refractivity contribution is 6.05. The maximum absolute atomic E-state index is 13.8. The van der Waals surface area contributed by atoms with Crippen LogP contribution in [0.5, 0.6) is 0 Å². The Kier molecular flexibility index (Phi) is 5.51. The standard InChI is InChI=1S/C22H20FN3O5/c23-17-8-13(3-4-15(17)11-27)20(29)24-9-12-1-2-14-10-26(22(31)16(14)7-12)18-5-6-19(28)25-21(18)30/h1-4,7-8,18,27H,5-6,9-11H2,(H,24,29)(H,25,28,30). The molecule has 0 aromatic heterocycles. The number of carbonyl (C=O) groups is 4. The summed E-state index contributed by atoms with van der Waals surface area (Å²) in [5, 5.41) is 14.0. The van der Waals surface area contributed by atoms with Crippen molar-refractivity contribution in [1.29, 1.82) is 0 Å². The van der Waals surface area contributed by atoms with E-state index >= 15 is 0 Å². The molecule has 0 saturated carbocycles. The predicted molar refractivity (Wildman–Crippen MR) is 106 cm³/mol. The van der Waals surface area contributed by atoms with Gasteiger partial charge in [0.15, 0.2) is 0 Å². The lowest BCUT2D eigenvalue weighted by atomic mass is 10.0. The van der Waals surface area contributed by atoms with Gasteiger partial charge in [0.2, 0.25) is 11.8 Å². The molecule has 2 heterocycles. The maximum Gasteiger partial charge on any atom is 0.255 e. The summed E-state index contributed by atoms with van der Waals surface area (Å²) in [5.74, 6) is -2.25. The number of benzene rings is 2. The van der Waals surface area contributed by atoms with Crippen LogP contribution in [0.1, 0.15) is 50.2 Å². The van der Waals surface area contributed by atoms with Crippen molar-refractivity contribution in [1.82, 2.24) is 15.5 Å². The summed E-state index contributed by atoms with van der Waals surface area (Å²) in [7, 11) is 0. The maximum atomic E-state index is 13.8. The van der Waals surface area contributed by atoms with Gasteiger partial charge in [0.1, 0.15) is 11.9 Å². The molecule has 2 aliphatic rings. The SMILES string of the molecule is O=C1CCC(N2Cc3ccc(CNC(=O)c4ccc(CO)c(F)c4)cc3C2=O)C(=O)N1. The van der Waals surface area contributed by atoms with E-state index in [9.17, 15) is 23.6 Å². The molecule has 1 unspecified atom stereocenters. The Labute approximate surface area is 177 Å². The third-order valence-corrected chi connectivity index (χ3v) is 5.53. The van der Waals surface area contributed by atoms with E-state index in [1.54, 1.807) is 18.2 Å². The van der Waals surface area contributed by atoms with Crippen LogP contribution in [0.4, 0.5) is 4.39 Å². The summed E-state index contributed by atoms with van der Waals surface area (Å²) in [6, 6.07) is 8.37.